The zero-order valence-electron chi connectivity index (χ0n) is 10.7. The van der Waals surface area contributed by atoms with Gasteiger partial charge >= 0.3 is 0 Å². The third-order valence-electron chi connectivity index (χ3n) is 3.79. The van der Waals surface area contributed by atoms with E-state index in [0.717, 1.165) is 22.0 Å². The molecule has 20 heavy (non-hydrogen) atoms. The van der Waals surface area contributed by atoms with Gasteiger partial charge in [-0.25, -0.2) is 0 Å². The molecule has 0 aromatic heterocycles. The molecule has 3 rings (SSSR count). The van der Waals surface area contributed by atoms with Crippen LogP contribution in [-0.2, 0) is 11.2 Å². The Labute approximate surface area is 126 Å². The maximum atomic E-state index is 12.6. The molecule has 0 N–H and O–H groups in total. The van der Waals surface area contributed by atoms with Gasteiger partial charge in [-0.1, -0.05) is 52.3 Å². The van der Waals surface area contributed by atoms with Crippen molar-refractivity contribution in [3.8, 4) is 6.07 Å². The van der Waals surface area contributed by atoms with Crippen LogP contribution in [0.3, 0.4) is 0 Å². The number of nitrogens with zero attached hydrogens (tertiary/aromatic N) is 1. The van der Waals surface area contributed by atoms with E-state index in [0.29, 0.717) is 0 Å². The molecule has 2 unspecified atom stereocenters. The summed E-state index contributed by atoms with van der Waals surface area (Å²) >= 11 is 3.38. The molecule has 0 heterocycles. The van der Waals surface area contributed by atoms with Crippen LogP contribution in [0.5, 0.6) is 0 Å². The molecule has 0 saturated carbocycles. The number of carbonyl (C=O) groups is 1. The first-order chi connectivity index (χ1) is 9.70. The molecule has 2 nitrogen and oxygen atoms in total. The molecule has 0 saturated heterocycles. The van der Waals surface area contributed by atoms with Crippen molar-refractivity contribution < 1.29 is 4.79 Å². The second kappa shape index (κ2) is 5.22. The number of ketones is 1. The van der Waals surface area contributed by atoms with Crippen molar-refractivity contribution in [2.75, 3.05) is 0 Å². The van der Waals surface area contributed by atoms with E-state index in [1.165, 1.54) is 5.56 Å². The average Bonchev–Trinajstić information content (AvgIpc) is 2.41. The SMILES string of the molecule is N#CC(C(=O)C1Cc2ccccc21)c1cccc(Br)c1. The first kappa shape index (κ1) is 13.1. The maximum absolute atomic E-state index is 12.6. The van der Waals surface area contributed by atoms with E-state index in [1.54, 1.807) is 0 Å². The Morgan fingerprint density at radius 2 is 2.05 bits per heavy atom. The normalized spacial score (nSPS) is 17.5. The number of Topliss-reactive ketones (excluding diaryl/α,β-unsaturated/α-hetero) is 1. The lowest BCUT2D eigenvalue weighted by atomic mass is 9.71. The third kappa shape index (κ3) is 2.17. The zero-order valence-corrected chi connectivity index (χ0v) is 12.3. The highest BCUT2D eigenvalue weighted by Gasteiger charge is 2.36. The predicted octanol–water partition coefficient (Wildman–Crippen LogP) is 3.97. The quantitative estimate of drug-likeness (QED) is 0.856. The minimum absolute atomic E-state index is 0.00398. The standard InChI is InChI=1S/C17H12BrNO/c18-13-6-3-5-11(8-13)16(10-19)17(20)15-9-12-4-1-2-7-14(12)15/h1-8,15-16H,9H2. The summed E-state index contributed by atoms with van der Waals surface area (Å²) in [5, 5.41) is 9.37. The summed E-state index contributed by atoms with van der Waals surface area (Å²) in [5.41, 5.74) is 3.06. The number of carbonyl (C=O) groups excluding carboxylic acids is 1. The van der Waals surface area contributed by atoms with E-state index in [2.05, 4.69) is 22.0 Å². The molecule has 98 valence electrons. The fraction of sp³-hybridized carbons (Fsp3) is 0.176. The minimum Gasteiger partial charge on any atom is -0.297 e. The van der Waals surface area contributed by atoms with Gasteiger partial charge in [0.15, 0.2) is 5.78 Å². The molecule has 1 aliphatic carbocycles. The van der Waals surface area contributed by atoms with Gasteiger partial charge in [0.1, 0.15) is 5.92 Å². The molecule has 0 aliphatic heterocycles. The Balaban J connectivity index is 1.89. The molecule has 2 atom stereocenters. The summed E-state index contributed by atoms with van der Waals surface area (Å²) in [4.78, 5) is 12.6. The topological polar surface area (TPSA) is 40.9 Å². The Hall–Kier alpha value is -1.92. The number of nitriles is 1. The average molecular weight is 326 g/mol. The monoisotopic (exact) mass is 325 g/mol. The van der Waals surface area contributed by atoms with Gasteiger partial charge in [0.25, 0.3) is 0 Å². The van der Waals surface area contributed by atoms with Crippen LogP contribution >= 0.6 is 15.9 Å². The highest BCUT2D eigenvalue weighted by molar-refractivity contribution is 9.10. The molecule has 0 amide bonds. The van der Waals surface area contributed by atoms with Crippen LogP contribution in [0.15, 0.2) is 53.0 Å². The van der Waals surface area contributed by atoms with Crippen molar-refractivity contribution in [2.24, 2.45) is 0 Å². The van der Waals surface area contributed by atoms with E-state index in [4.69, 9.17) is 0 Å². The summed E-state index contributed by atoms with van der Waals surface area (Å²) < 4.78 is 0.886. The summed E-state index contributed by atoms with van der Waals surface area (Å²) in [7, 11) is 0. The highest BCUT2D eigenvalue weighted by Crippen LogP contribution is 2.39. The van der Waals surface area contributed by atoms with E-state index in [-0.39, 0.29) is 11.7 Å². The molecule has 0 spiro atoms. The van der Waals surface area contributed by atoms with E-state index in [1.807, 2.05) is 48.5 Å². The minimum atomic E-state index is -0.689. The van der Waals surface area contributed by atoms with Crippen LogP contribution in [0.1, 0.15) is 28.5 Å². The molecule has 0 fully saturated rings. The molecule has 3 heteroatoms. The Kier molecular flexibility index (Phi) is 3.42. The van der Waals surface area contributed by atoms with Gasteiger partial charge in [-0.15, -0.1) is 0 Å². The van der Waals surface area contributed by atoms with E-state index < -0.39 is 5.92 Å². The lowest BCUT2D eigenvalue weighted by molar-refractivity contribution is -0.121. The molecule has 2 aromatic carbocycles. The van der Waals surface area contributed by atoms with Crippen molar-refractivity contribution in [1.82, 2.24) is 0 Å². The van der Waals surface area contributed by atoms with Gasteiger partial charge in [-0.2, -0.15) is 5.26 Å². The second-order valence-electron chi connectivity index (χ2n) is 4.98. The van der Waals surface area contributed by atoms with Gasteiger partial charge in [0.05, 0.1) is 6.07 Å². The zero-order chi connectivity index (χ0) is 14.1. The largest absolute Gasteiger partial charge is 0.297 e. The summed E-state index contributed by atoms with van der Waals surface area (Å²) in [5.74, 6) is -0.815. The van der Waals surface area contributed by atoms with Gasteiger partial charge < -0.3 is 0 Å². The van der Waals surface area contributed by atoms with E-state index >= 15 is 0 Å². The third-order valence-corrected chi connectivity index (χ3v) is 4.29. The first-order valence-corrected chi connectivity index (χ1v) is 7.26. The summed E-state index contributed by atoms with van der Waals surface area (Å²) in [6.45, 7) is 0. The Morgan fingerprint density at radius 3 is 2.75 bits per heavy atom. The maximum Gasteiger partial charge on any atom is 0.162 e. The summed E-state index contributed by atoms with van der Waals surface area (Å²) in [6.07, 6.45) is 0.751. The Bertz CT molecular complexity index is 717. The smallest absolute Gasteiger partial charge is 0.162 e. The molecule has 0 radical (unpaired) electrons. The van der Waals surface area contributed by atoms with Gasteiger partial charge in [-0.3, -0.25) is 4.79 Å². The fourth-order valence-corrected chi connectivity index (χ4v) is 3.12. The molecule has 1 aliphatic rings. The van der Waals surface area contributed by atoms with Crippen molar-refractivity contribution in [3.05, 3.63) is 69.7 Å². The first-order valence-electron chi connectivity index (χ1n) is 6.47. The van der Waals surface area contributed by atoms with E-state index in [9.17, 15) is 10.1 Å². The Morgan fingerprint density at radius 1 is 1.25 bits per heavy atom. The fourth-order valence-electron chi connectivity index (χ4n) is 2.70. The van der Waals surface area contributed by atoms with Crippen molar-refractivity contribution in [2.45, 2.75) is 18.3 Å². The van der Waals surface area contributed by atoms with Crippen LogP contribution in [0.2, 0.25) is 0 Å². The summed E-state index contributed by atoms with van der Waals surface area (Å²) in [6, 6.07) is 17.5. The van der Waals surface area contributed by atoms with Gasteiger partial charge in [0.2, 0.25) is 0 Å². The molecular formula is C17H12BrNO. The molecule has 0 bridgehead atoms. The lowest BCUT2D eigenvalue weighted by Crippen LogP contribution is -2.29. The number of benzene rings is 2. The van der Waals surface area contributed by atoms with Crippen molar-refractivity contribution >= 4 is 21.7 Å². The second-order valence-corrected chi connectivity index (χ2v) is 5.89. The van der Waals surface area contributed by atoms with Crippen LogP contribution in [0.4, 0.5) is 0 Å². The van der Waals surface area contributed by atoms with Crippen LogP contribution < -0.4 is 0 Å². The van der Waals surface area contributed by atoms with Crippen LogP contribution in [-0.4, -0.2) is 5.78 Å². The number of hydrogen-bond donors (Lipinski definition) is 0. The molecule has 2 aromatic rings. The highest BCUT2D eigenvalue weighted by atomic mass is 79.9. The van der Waals surface area contributed by atoms with Crippen molar-refractivity contribution in [1.29, 1.82) is 5.26 Å². The number of fused-ring (bicyclic) bond motifs is 1. The van der Waals surface area contributed by atoms with Crippen LogP contribution in [0.25, 0.3) is 0 Å². The number of halogens is 1. The van der Waals surface area contributed by atoms with Gasteiger partial charge in [0, 0.05) is 10.4 Å². The van der Waals surface area contributed by atoms with Crippen LogP contribution in [0, 0.1) is 11.3 Å². The van der Waals surface area contributed by atoms with Crippen molar-refractivity contribution in [3.63, 3.8) is 0 Å². The number of rotatable bonds is 3. The van der Waals surface area contributed by atoms with Gasteiger partial charge in [-0.05, 0) is 35.2 Å². The molecular weight excluding hydrogens is 314 g/mol. The lowest BCUT2D eigenvalue weighted by Gasteiger charge is -2.30. The number of hydrogen-bond acceptors (Lipinski definition) is 2. The predicted molar refractivity (Wildman–Crippen MR) is 80.4 cm³/mol.